The van der Waals surface area contributed by atoms with Crippen LogP contribution in [0, 0.1) is 13.8 Å². The summed E-state index contributed by atoms with van der Waals surface area (Å²) in [4.78, 5) is 54.4. The van der Waals surface area contributed by atoms with Crippen molar-refractivity contribution in [3.63, 3.8) is 0 Å². The van der Waals surface area contributed by atoms with Gasteiger partial charge in [0.25, 0.3) is 11.8 Å². The minimum Gasteiger partial charge on any atom is -0.478 e. The molecule has 4 aromatic rings. The smallest absolute Gasteiger partial charge is 0.343 e. The summed E-state index contributed by atoms with van der Waals surface area (Å²) in [6.45, 7) is 3.62. The molecule has 3 aromatic carbocycles. The maximum atomic E-state index is 13.7. The molecular weight excluding hydrogens is 518 g/mol. The van der Waals surface area contributed by atoms with Gasteiger partial charge in [0.05, 0.1) is 22.0 Å². The minimum absolute atomic E-state index is 0.0466. The summed E-state index contributed by atoms with van der Waals surface area (Å²) in [7, 11) is 0. The van der Waals surface area contributed by atoms with Crippen LogP contribution in [0.3, 0.4) is 0 Å². The summed E-state index contributed by atoms with van der Waals surface area (Å²) in [6.07, 6.45) is 1.47. The third kappa shape index (κ3) is 4.51. The number of hydrogen-bond donors (Lipinski definition) is 1. The van der Waals surface area contributed by atoms with Crippen LogP contribution in [0.4, 0.5) is 16.2 Å². The number of rotatable bonds is 5. The highest BCUT2D eigenvalue weighted by Gasteiger charge is 2.43. The number of carboxylic acids is 1. The topological polar surface area (TPSA) is 99.9 Å². The molecule has 5 rings (SSSR count). The second kappa shape index (κ2) is 10.1. The molecule has 1 aromatic heterocycles. The third-order valence-corrected chi connectivity index (χ3v) is 6.82. The fraction of sp³-hybridized carbons (Fsp3) is 0.0667. The van der Waals surface area contributed by atoms with E-state index in [1.807, 2.05) is 11.5 Å². The summed E-state index contributed by atoms with van der Waals surface area (Å²) < 4.78 is 1.81. The lowest BCUT2D eigenvalue weighted by atomic mass is 10.0. The Balaban J connectivity index is 1.65. The molecule has 1 aliphatic heterocycles. The second-order valence-corrected chi connectivity index (χ2v) is 9.33. The number of amides is 4. The Morgan fingerprint density at radius 2 is 1.31 bits per heavy atom. The van der Waals surface area contributed by atoms with Crippen molar-refractivity contribution in [2.24, 2.45) is 0 Å². The fourth-order valence-corrected chi connectivity index (χ4v) is 4.84. The van der Waals surface area contributed by atoms with Crippen molar-refractivity contribution in [3.05, 3.63) is 118 Å². The lowest BCUT2D eigenvalue weighted by Crippen LogP contribution is -2.57. The predicted octanol–water partition coefficient (Wildman–Crippen LogP) is 6.03. The first kappa shape index (κ1) is 25.7. The standard InChI is InChI=1S/C30H22ClN3O5/c1-18-15-20(19(2)32(18)23-13-14-26(31)24(17-23)29(37)38)16-25-27(35)33(21-9-5-3-6-10-21)30(39)34(28(25)36)22-11-7-4-8-12-22/h3-17H,1-2H3,(H,37,38). The number of urea groups is 1. The molecule has 1 N–H and O–H groups in total. The van der Waals surface area contributed by atoms with Gasteiger partial charge in [0.1, 0.15) is 5.57 Å². The molecule has 39 heavy (non-hydrogen) atoms. The van der Waals surface area contributed by atoms with Gasteiger partial charge in [-0.05, 0) is 74.0 Å². The van der Waals surface area contributed by atoms with E-state index >= 15 is 0 Å². The number of halogens is 1. The van der Waals surface area contributed by atoms with Crippen molar-refractivity contribution in [2.75, 3.05) is 9.80 Å². The van der Waals surface area contributed by atoms with Crippen LogP contribution in [-0.2, 0) is 9.59 Å². The molecule has 1 fully saturated rings. The van der Waals surface area contributed by atoms with Crippen molar-refractivity contribution in [2.45, 2.75) is 13.8 Å². The molecule has 0 unspecified atom stereocenters. The van der Waals surface area contributed by atoms with E-state index in [4.69, 9.17) is 11.6 Å². The van der Waals surface area contributed by atoms with Gasteiger partial charge < -0.3 is 9.67 Å². The largest absolute Gasteiger partial charge is 0.478 e. The van der Waals surface area contributed by atoms with Gasteiger partial charge >= 0.3 is 12.0 Å². The summed E-state index contributed by atoms with van der Waals surface area (Å²) in [5, 5.41) is 9.61. The van der Waals surface area contributed by atoms with Crippen molar-refractivity contribution in [3.8, 4) is 5.69 Å². The summed E-state index contributed by atoms with van der Waals surface area (Å²) in [6, 6.07) is 22.5. The van der Waals surface area contributed by atoms with E-state index in [9.17, 15) is 24.3 Å². The van der Waals surface area contributed by atoms with E-state index < -0.39 is 23.8 Å². The number of carbonyl (C=O) groups excluding carboxylic acids is 3. The Hall–Kier alpha value is -4.95. The molecule has 0 aliphatic carbocycles. The van der Waals surface area contributed by atoms with Crippen molar-refractivity contribution in [1.29, 1.82) is 0 Å². The first-order valence-electron chi connectivity index (χ1n) is 12.0. The number of para-hydroxylation sites is 2. The zero-order valence-corrected chi connectivity index (χ0v) is 21.7. The molecular formula is C30H22ClN3O5. The van der Waals surface area contributed by atoms with E-state index in [1.54, 1.807) is 79.7 Å². The Morgan fingerprint density at radius 3 is 1.82 bits per heavy atom. The fourth-order valence-electron chi connectivity index (χ4n) is 4.64. The van der Waals surface area contributed by atoms with Crippen LogP contribution in [0.2, 0.25) is 5.02 Å². The quantitative estimate of drug-likeness (QED) is 0.246. The van der Waals surface area contributed by atoms with Gasteiger partial charge in [-0.1, -0.05) is 48.0 Å². The molecule has 0 atom stereocenters. The lowest BCUT2D eigenvalue weighted by Gasteiger charge is -2.33. The van der Waals surface area contributed by atoms with Crippen LogP contribution in [-0.4, -0.2) is 33.5 Å². The number of barbiturate groups is 1. The molecule has 0 radical (unpaired) electrons. The highest BCUT2D eigenvalue weighted by Crippen LogP contribution is 2.31. The van der Waals surface area contributed by atoms with E-state index in [0.29, 0.717) is 28.3 Å². The number of carboxylic acid groups (broad SMARTS) is 1. The van der Waals surface area contributed by atoms with Crippen molar-refractivity contribution in [1.82, 2.24) is 4.57 Å². The molecule has 0 saturated carbocycles. The second-order valence-electron chi connectivity index (χ2n) is 8.92. The van der Waals surface area contributed by atoms with Crippen molar-refractivity contribution >= 4 is 52.9 Å². The summed E-state index contributed by atoms with van der Waals surface area (Å²) in [5.74, 6) is -2.64. The molecule has 2 heterocycles. The number of benzene rings is 3. The molecule has 1 aliphatic rings. The monoisotopic (exact) mass is 539 g/mol. The summed E-state index contributed by atoms with van der Waals surface area (Å²) in [5.41, 5.74) is 2.95. The van der Waals surface area contributed by atoms with Crippen LogP contribution in [0.5, 0.6) is 0 Å². The highest BCUT2D eigenvalue weighted by molar-refractivity contribution is 6.46. The Morgan fingerprint density at radius 1 is 0.769 bits per heavy atom. The number of aryl methyl sites for hydroxylation is 1. The van der Waals surface area contributed by atoms with Gasteiger partial charge in [-0.3, -0.25) is 9.59 Å². The number of carbonyl (C=O) groups is 4. The number of aromatic nitrogens is 1. The van der Waals surface area contributed by atoms with Gasteiger partial charge in [0.2, 0.25) is 0 Å². The molecule has 8 nitrogen and oxygen atoms in total. The zero-order valence-electron chi connectivity index (χ0n) is 21.0. The predicted molar refractivity (Wildman–Crippen MR) is 148 cm³/mol. The SMILES string of the molecule is Cc1cc(C=C2C(=O)N(c3ccccc3)C(=O)N(c3ccccc3)C2=O)c(C)n1-c1ccc(Cl)c(C(=O)O)c1. The van der Waals surface area contributed by atoms with E-state index in [0.717, 1.165) is 15.5 Å². The third-order valence-electron chi connectivity index (χ3n) is 6.49. The van der Waals surface area contributed by atoms with Gasteiger partial charge in [-0.15, -0.1) is 0 Å². The molecule has 194 valence electrons. The average molecular weight is 540 g/mol. The van der Waals surface area contributed by atoms with Gasteiger partial charge in [0, 0.05) is 17.1 Å². The number of hydrogen-bond acceptors (Lipinski definition) is 4. The lowest BCUT2D eigenvalue weighted by molar-refractivity contribution is -0.121. The van der Waals surface area contributed by atoms with Gasteiger partial charge in [-0.25, -0.2) is 19.4 Å². The summed E-state index contributed by atoms with van der Waals surface area (Å²) >= 11 is 6.05. The number of anilines is 2. The molecule has 1 saturated heterocycles. The van der Waals surface area contributed by atoms with Gasteiger partial charge in [-0.2, -0.15) is 0 Å². The maximum absolute atomic E-state index is 13.7. The molecule has 0 bridgehead atoms. The van der Waals surface area contributed by atoms with Crippen LogP contribution < -0.4 is 9.80 Å². The normalized spacial score (nSPS) is 13.7. The Labute approximate surface area is 229 Å². The van der Waals surface area contributed by atoms with Crippen LogP contribution in [0.15, 0.2) is 90.5 Å². The van der Waals surface area contributed by atoms with E-state index in [-0.39, 0.29) is 16.2 Å². The van der Waals surface area contributed by atoms with Gasteiger partial charge in [0.15, 0.2) is 0 Å². The molecule has 9 heteroatoms. The zero-order chi connectivity index (χ0) is 27.8. The Kier molecular flexibility index (Phi) is 6.64. The van der Waals surface area contributed by atoms with Crippen LogP contribution >= 0.6 is 11.6 Å². The van der Waals surface area contributed by atoms with Crippen molar-refractivity contribution < 1.29 is 24.3 Å². The number of nitrogens with zero attached hydrogens (tertiary/aromatic N) is 3. The highest BCUT2D eigenvalue weighted by atomic mass is 35.5. The molecule has 4 amide bonds. The first-order valence-corrected chi connectivity index (χ1v) is 12.3. The first-order chi connectivity index (χ1) is 18.7. The van der Waals surface area contributed by atoms with E-state index in [2.05, 4.69) is 0 Å². The number of imide groups is 2. The Bertz CT molecular complexity index is 1610. The average Bonchev–Trinajstić information content (AvgIpc) is 3.20. The number of aromatic carboxylic acids is 1. The minimum atomic E-state index is -1.16. The van der Waals surface area contributed by atoms with Crippen LogP contribution in [0.1, 0.15) is 27.3 Å². The molecule has 0 spiro atoms. The maximum Gasteiger partial charge on any atom is 0.343 e. The van der Waals surface area contributed by atoms with E-state index in [1.165, 1.54) is 18.2 Å². The van der Waals surface area contributed by atoms with Crippen LogP contribution in [0.25, 0.3) is 11.8 Å².